The third kappa shape index (κ3) is 9.13. The molecule has 0 spiro atoms. The standard InChI is InChI=1S/C35H50N6O10/c1-20(2)26(39-32(46)51-33(3,4)5)30(44)49-27-23(17-48-25(42)16-21-12-10-9-11-13-21)50-35(18-36,28(27)43)24-15-14-22-29(37-19-38-41(22)24)40-31(45)34(6,7)47-8/h14-15,19-21,23,26-28,43H,9-13,16-17H2,1-8H3,(H,39,46)(H,37,38,40,45)/t23-,26-,27-,28-,35+/m1/s1. The van der Waals surface area contributed by atoms with Gasteiger partial charge in [0.15, 0.2) is 11.9 Å². The molecular formula is C35H50N6O10. The van der Waals surface area contributed by atoms with Crippen molar-refractivity contribution >= 4 is 35.3 Å². The summed E-state index contributed by atoms with van der Waals surface area (Å²) in [6, 6.07) is 3.81. The maximum Gasteiger partial charge on any atom is 0.408 e. The van der Waals surface area contributed by atoms with Crippen LogP contribution in [0, 0.1) is 23.2 Å². The topological polar surface area (TPSA) is 213 Å². The molecule has 0 bridgehead atoms. The molecule has 1 saturated carbocycles. The second kappa shape index (κ2) is 15.9. The number of aromatic nitrogens is 3. The largest absolute Gasteiger partial charge is 0.463 e. The Hall–Kier alpha value is -4.33. The van der Waals surface area contributed by atoms with Crippen LogP contribution < -0.4 is 10.6 Å². The summed E-state index contributed by atoms with van der Waals surface area (Å²) < 4.78 is 29.5. The fourth-order valence-electron chi connectivity index (χ4n) is 6.10. The number of aliphatic hydroxyl groups is 1. The number of carbonyl (C=O) groups is 4. The SMILES string of the molecule is COC(C)(C)C(=O)Nc1ncnn2c([C@]3(C#N)O[C@H](COC(=O)CC4CCCCC4)[C@@H](OC(=O)[C@H](NC(=O)OC(C)(C)C)C(C)C)[C@H]3O)ccc12. The van der Waals surface area contributed by atoms with E-state index in [9.17, 15) is 29.5 Å². The van der Waals surface area contributed by atoms with Gasteiger partial charge in [-0.1, -0.05) is 33.1 Å². The van der Waals surface area contributed by atoms with Crippen LogP contribution in [0.5, 0.6) is 0 Å². The van der Waals surface area contributed by atoms with Gasteiger partial charge in [0, 0.05) is 13.5 Å². The van der Waals surface area contributed by atoms with Crippen molar-refractivity contribution in [1.82, 2.24) is 19.9 Å². The molecule has 51 heavy (non-hydrogen) atoms. The number of ether oxygens (including phenoxy) is 5. The number of alkyl carbamates (subject to hydrolysis) is 1. The fraction of sp³-hybridized carbons (Fsp3) is 0.686. The van der Waals surface area contributed by atoms with Crippen LogP contribution in [0.15, 0.2) is 18.5 Å². The van der Waals surface area contributed by atoms with Gasteiger partial charge in [0.25, 0.3) is 5.91 Å². The molecule has 1 aliphatic carbocycles. The summed E-state index contributed by atoms with van der Waals surface area (Å²) in [6.45, 7) is 11.1. The number of carbonyl (C=O) groups excluding carboxylic acids is 4. The summed E-state index contributed by atoms with van der Waals surface area (Å²) >= 11 is 0. The summed E-state index contributed by atoms with van der Waals surface area (Å²) in [5.41, 5.74) is -3.95. The summed E-state index contributed by atoms with van der Waals surface area (Å²) in [4.78, 5) is 56.2. The Kier molecular flexibility index (Phi) is 12.3. The van der Waals surface area contributed by atoms with Crippen LogP contribution in [0.2, 0.25) is 0 Å². The number of hydrogen-bond acceptors (Lipinski definition) is 13. The highest BCUT2D eigenvalue weighted by Crippen LogP contribution is 2.42. The monoisotopic (exact) mass is 714 g/mol. The van der Waals surface area contributed by atoms with Gasteiger partial charge in [0.1, 0.15) is 54.0 Å². The van der Waals surface area contributed by atoms with E-state index in [-0.39, 0.29) is 29.4 Å². The van der Waals surface area contributed by atoms with E-state index in [0.29, 0.717) is 0 Å². The predicted molar refractivity (Wildman–Crippen MR) is 181 cm³/mol. The molecule has 280 valence electrons. The van der Waals surface area contributed by atoms with Gasteiger partial charge in [0.2, 0.25) is 5.60 Å². The minimum atomic E-state index is -2.20. The molecule has 1 aliphatic heterocycles. The van der Waals surface area contributed by atoms with Crippen molar-refractivity contribution < 1.29 is 48.0 Å². The summed E-state index contributed by atoms with van der Waals surface area (Å²) in [6.07, 6.45) is 0.873. The summed E-state index contributed by atoms with van der Waals surface area (Å²) in [5.74, 6) is -2.09. The lowest BCUT2D eigenvalue weighted by molar-refractivity contribution is -0.163. The van der Waals surface area contributed by atoms with Crippen LogP contribution in [0.1, 0.15) is 92.7 Å². The molecule has 3 heterocycles. The number of nitriles is 1. The normalized spacial score (nSPS) is 23.4. The Labute approximate surface area is 297 Å². The van der Waals surface area contributed by atoms with Gasteiger partial charge < -0.3 is 39.4 Å². The summed E-state index contributed by atoms with van der Waals surface area (Å²) in [7, 11) is 1.39. The molecule has 0 aromatic carbocycles. The van der Waals surface area contributed by atoms with Crippen LogP contribution in [-0.2, 0) is 43.7 Å². The average molecular weight is 715 g/mol. The minimum absolute atomic E-state index is 0.0285. The number of nitrogens with one attached hydrogen (secondary N) is 2. The molecule has 2 aliphatic rings. The van der Waals surface area contributed by atoms with Gasteiger partial charge in [-0.3, -0.25) is 9.59 Å². The third-order valence-corrected chi connectivity index (χ3v) is 9.15. The Morgan fingerprint density at radius 1 is 1.14 bits per heavy atom. The Morgan fingerprint density at radius 3 is 2.43 bits per heavy atom. The van der Waals surface area contributed by atoms with Crippen LogP contribution in [-0.4, -0.2) is 92.9 Å². The third-order valence-electron chi connectivity index (χ3n) is 9.15. The van der Waals surface area contributed by atoms with E-state index in [4.69, 9.17) is 23.7 Å². The molecule has 2 aromatic heterocycles. The van der Waals surface area contributed by atoms with Crippen LogP contribution >= 0.6 is 0 Å². The molecule has 5 atom stereocenters. The van der Waals surface area contributed by atoms with Crippen LogP contribution in [0.3, 0.4) is 0 Å². The predicted octanol–water partition coefficient (Wildman–Crippen LogP) is 3.55. The fourth-order valence-corrected chi connectivity index (χ4v) is 6.10. The zero-order valence-electron chi connectivity index (χ0n) is 30.6. The van der Waals surface area contributed by atoms with Crippen molar-refractivity contribution in [3.63, 3.8) is 0 Å². The Morgan fingerprint density at radius 2 is 1.82 bits per heavy atom. The highest BCUT2D eigenvalue weighted by atomic mass is 16.6. The van der Waals surface area contributed by atoms with Crippen LogP contribution in [0.25, 0.3) is 5.52 Å². The Balaban J connectivity index is 1.66. The van der Waals surface area contributed by atoms with Crippen molar-refractivity contribution in [1.29, 1.82) is 5.26 Å². The number of anilines is 1. The first kappa shape index (κ1) is 39.5. The minimum Gasteiger partial charge on any atom is -0.463 e. The zero-order valence-corrected chi connectivity index (χ0v) is 30.6. The number of esters is 2. The quantitative estimate of drug-likeness (QED) is 0.212. The lowest BCUT2D eigenvalue weighted by Crippen LogP contribution is -2.50. The van der Waals surface area contributed by atoms with Gasteiger partial charge in [0.05, 0.1) is 5.69 Å². The van der Waals surface area contributed by atoms with E-state index in [2.05, 4.69) is 20.7 Å². The molecule has 1 saturated heterocycles. The zero-order chi connectivity index (χ0) is 37.7. The molecule has 2 amide bonds. The van der Waals surface area contributed by atoms with Gasteiger partial charge in [-0.2, -0.15) is 10.4 Å². The first-order chi connectivity index (χ1) is 23.9. The van der Waals surface area contributed by atoms with Gasteiger partial charge >= 0.3 is 18.0 Å². The van der Waals surface area contributed by atoms with Crippen molar-refractivity contribution in [3.05, 3.63) is 24.2 Å². The lowest BCUT2D eigenvalue weighted by Gasteiger charge is -2.28. The Bertz CT molecular complexity index is 1620. The highest BCUT2D eigenvalue weighted by molar-refractivity contribution is 5.98. The molecule has 0 radical (unpaired) electrons. The first-order valence-electron chi connectivity index (χ1n) is 17.2. The summed E-state index contributed by atoms with van der Waals surface area (Å²) in [5, 5.41) is 32.0. The van der Waals surface area contributed by atoms with Gasteiger partial charge in [-0.05, 0) is 71.4 Å². The number of nitrogens with zero attached hydrogens (tertiary/aromatic N) is 4. The first-order valence-corrected chi connectivity index (χ1v) is 17.2. The number of rotatable bonds is 12. The number of hydrogen-bond donors (Lipinski definition) is 3. The van der Waals surface area contributed by atoms with Crippen molar-refractivity contribution in [2.75, 3.05) is 19.0 Å². The van der Waals surface area contributed by atoms with Crippen molar-refractivity contribution in [2.24, 2.45) is 11.8 Å². The lowest BCUT2D eigenvalue weighted by atomic mass is 9.87. The van der Waals surface area contributed by atoms with Crippen molar-refractivity contribution in [2.45, 2.75) is 128 Å². The van der Waals surface area contributed by atoms with Crippen molar-refractivity contribution in [3.8, 4) is 6.07 Å². The number of aliphatic hydroxyl groups excluding tert-OH is 1. The molecule has 16 nitrogen and oxygen atoms in total. The van der Waals surface area contributed by atoms with Gasteiger partial charge in [-0.15, -0.1) is 0 Å². The molecule has 4 rings (SSSR count). The smallest absolute Gasteiger partial charge is 0.408 e. The molecule has 0 unspecified atom stereocenters. The van der Waals surface area contributed by atoms with E-state index >= 15 is 0 Å². The molecular weight excluding hydrogens is 664 g/mol. The number of methoxy groups -OCH3 is 1. The van der Waals surface area contributed by atoms with Crippen LogP contribution in [0.4, 0.5) is 10.6 Å². The molecule has 2 aromatic rings. The van der Waals surface area contributed by atoms with Gasteiger partial charge in [-0.25, -0.2) is 19.1 Å². The maximum atomic E-state index is 13.7. The van der Waals surface area contributed by atoms with E-state index in [1.165, 1.54) is 23.8 Å². The molecule has 2 fully saturated rings. The molecule has 16 heteroatoms. The molecule has 3 N–H and O–H groups in total. The number of amides is 2. The highest BCUT2D eigenvalue weighted by Gasteiger charge is 2.60. The number of fused-ring (bicyclic) bond motifs is 1. The van der Waals surface area contributed by atoms with E-state index in [0.717, 1.165) is 38.4 Å². The second-order valence-electron chi connectivity index (χ2n) is 14.9. The second-order valence-corrected chi connectivity index (χ2v) is 14.9. The van der Waals surface area contributed by atoms with E-state index in [1.807, 2.05) is 6.07 Å². The average Bonchev–Trinajstić information content (AvgIpc) is 3.62. The van der Waals surface area contributed by atoms with E-state index < -0.39 is 77.6 Å². The maximum absolute atomic E-state index is 13.7. The van der Waals surface area contributed by atoms with E-state index in [1.54, 1.807) is 48.5 Å².